The molecular formula is C31H28ClN7O3. The van der Waals surface area contributed by atoms with Crippen molar-refractivity contribution in [3.05, 3.63) is 118 Å². The number of carbonyl (C=O) groups excluding carboxylic acids is 2. The number of nitrogens with zero attached hydrogens (tertiary/aromatic N) is 3. The number of benzene rings is 2. The molecule has 5 rings (SSSR count). The molecule has 0 radical (unpaired) electrons. The minimum Gasteiger partial charge on any atom is -0.385 e. The van der Waals surface area contributed by atoms with Crippen LogP contribution in [0.3, 0.4) is 0 Å². The van der Waals surface area contributed by atoms with Gasteiger partial charge in [0.25, 0.3) is 11.5 Å². The van der Waals surface area contributed by atoms with Gasteiger partial charge >= 0.3 is 6.03 Å². The van der Waals surface area contributed by atoms with Crippen LogP contribution in [0.5, 0.6) is 0 Å². The Hall–Kier alpha value is -5.22. The van der Waals surface area contributed by atoms with Gasteiger partial charge in [-0.05, 0) is 73.2 Å². The fraction of sp³-hybridized carbons (Fsp3) is 0.129. The van der Waals surface area contributed by atoms with E-state index in [0.29, 0.717) is 35.6 Å². The third kappa shape index (κ3) is 6.39. The Balaban J connectivity index is 1.41. The molecule has 1 aliphatic rings. The molecule has 0 saturated heterocycles. The van der Waals surface area contributed by atoms with Gasteiger partial charge in [-0.3, -0.25) is 14.6 Å². The van der Waals surface area contributed by atoms with E-state index < -0.39 is 11.6 Å². The number of carbonyl (C=O) groups is 2. The monoisotopic (exact) mass is 581 g/mol. The summed E-state index contributed by atoms with van der Waals surface area (Å²) in [5.74, 6) is -0.203. The third-order valence-corrected chi connectivity index (χ3v) is 6.83. The van der Waals surface area contributed by atoms with Gasteiger partial charge in [-0.15, -0.1) is 0 Å². The van der Waals surface area contributed by atoms with Crippen molar-refractivity contribution >= 4 is 34.9 Å². The van der Waals surface area contributed by atoms with E-state index in [4.69, 9.17) is 11.6 Å². The molecule has 212 valence electrons. The molecule has 4 aromatic rings. The summed E-state index contributed by atoms with van der Waals surface area (Å²) in [6.07, 6.45) is 8.51. The van der Waals surface area contributed by atoms with Crippen LogP contribution in [0.15, 0.2) is 95.8 Å². The van der Waals surface area contributed by atoms with Crippen LogP contribution in [0.4, 0.5) is 16.2 Å². The van der Waals surface area contributed by atoms with Gasteiger partial charge in [0.15, 0.2) is 0 Å². The number of aryl methyl sites for hydroxylation is 2. The van der Waals surface area contributed by atoms with Gasteiger partial charge in [0.2, 0.25) is 0 Å². The van der Waals surface area contributed by atoms with E-state index in [2.05, 4.69) is 31.3 Å². The van der Waals surface area contributed by atoms with Gasteiger partial charge in [0.05, 0.1) is 22.9 Å². The van der Waals surface area contributed by atoms with Crippen LogP contribution in [0.1, 0.15) is 22.8 Å². The van der Waals surface area contributed by atoms with Gasteiger partial charge in [0, 0.05) is 35.8 Å². The van der Waals surface area contributed by atoms with Crippen molar-refractivity contribution in [3.63, 3.8) is 0 Å². The predicted molar refractivity (Wildman–Crippen MR) is 164 cm³/mol. The number of allylic oxidation sites excluding steroid dienone is 2. The number of hydrogen-bond acceptors (Lipinski definition) is 6. The number of nitrogens with one attached hydrogen (secondary N) is 4. The van der Waals surface area contributed by atoms with Gasteiger partial charge in [0.1, 0.15) is 5.69 Å². The van der Waals surface area contributed by atoms with Crippen LogP contribution in [0.25, 0.3) is 22.4 Å². The summed E-state index contributed by atoms with van der Waals surface area (Å²) in [6, 6.07) is 15.9. The second kappa shape index (κ2) is 12.5. The molecule has 11 heteroatoms. The number of hydrogen-bond donors (Lipinski definition) is 4. The summed E-state index contributed by atoms with van der Waals surface area (Å²) >= 11 is 6.19. The van der Waals surface area contributed by atoms with Crippen LogP contribution in [0, 0.1) is 6.92 Å². The van der Waals surface area contributed by atoms with E-state index in [1.165, 1.54) is 10.9 Å². The van der Waals surface area contributed by atoms with Crippen LogP contribution in [-0.2, 0) is 6.54 Å². The summed E-state index contributed by atoms with van der Waals surface area (Å²) in [5, 5.41) is 16.1. The first-order chi connectivity index (χ1) is 20.3. The molecule has 0 spiro atoms. The van der Waals surface area contributed by atoms with Crippen molar-refractivity contribution in [3.8, 4) is 22.4 Å². The highest BCUT2D eigenvalue weighted by Crippen LogP contribution is 2.27. The Morgan fingerprint density at radius 1 is 1.00 bits per heavy atom. The maximum absolute atomic E-state index is 13.0. The van der Waals surface area contributed by atoms with Crippen LogP contribution in [0.2, 0.25) is 5.02 Å². The zero-order valence-electron chi connectivity index (χ0n) is 22.9. The molecule has 42 heavy (non-hydrogen) atoms. The molecule has 2 aromatic carbocycles. The van der Waals surface area contributed by atoms with E-state index in [9.17, 15) is 14.4 Å². The zero-order valence-corrected chi connectivity index (χ0v) is 23.7. The first kappa shape index (κ1) is 28.3. The maximum Gasteiger partial charge on any atom is 0.323 e. The SMILES string of the molecule is CCn1nc(-c2cccc(-c3cccc(C(=O)NC4=CC=CNC4)c3)c2)cc(NC(=O)Nc2c(C)cncc2Cl)c1=O. The van der Waals surface area contributed by atoms with E-state index in [0.717, 1.165) is 22.4 Å². The average molecular weight is 582 g/mol. The van der Waals surface area contributed by atoms with Crippen molar-refractivity contribution in [2.24, 2.45) is 0 Å². The molecule has 3 heterocycles. The molecule has 0 unspecified atom stereocenters. The lowest BCUT2D eigenvalue weighted by atomic mass is 9.99. The lowest BCUT2D eigenvalue weighted by Crippen LogP contribution is -2.30. The number of anilines is 2. The minimum absolute atomic E-state index is 0.0626. The third-order valence-electron chi connectivity index (χ3n) is 6.54. The average Bonchev–Trinajstić information content (AvgIpc) is 3.00. The molecule has 0 atom stereocenters. The van der Waals surface area contributed by atoms with Crippen LogP contribution >= 0.6 is 11.6 Å². The lowest BCUT2D eigenvalue weighted by molar-refractivity contribution is 0.0965. The molecule has 0 fully saturated rings. The Kier molecular flexibility index (Phi) is 8.44. The Labute approximate surface area is 247 Å². The summed E-state index contributed by atoms with van der Waals surface area (Å²) in [4.78, 5) is 42.7. The molecule has 0 aliphatic carbocycles. The van der Waals surface area contributed by atoms with E-state index in [1.54, 1.807) is 32.2 Å². The Bertz CT molecular complexity index is 1780. The van der Waals surface area contributed by atoms with Crippen LogP contribution in [-0.4, -0.2) is 33.2 Å². The van der Waals surface area contributed by atoms with Crippen molar-refractivity contribution in [1.29, 1.82) is 0 Å². The van der Waals surface area contributed by atoms with Gasteiger partial charge < -0.3 is 21.3 Å². The number of dihydropyridines is 1. The summed E-state index contributed by atoms with van der Waals surface area (Å²) in [6.45, 7) is 4.41. The summed E-state index contributed by atoms with van der Waals surface area (Å²) in [5.41, 5.74) is 4.92. The van der Waals surface area contributed by atoms with E-state index >= 15 is 0 Å². The first-order valence-electron chi connectivity index (χ1n) is 13.2. The van der Waals surface area contributed by atoms with Gasteiger partial charge in [-0.1, -0.05) is 41.9 Å². The molecule has 2 aromatic heterocycles. The van der Waals surface area contributed by atoms with Crippen molar-refractivity contribution < 1.29 is 9.59 Å². The summed E-state index contributed by atoms with van der Waals surface area (Å²) in [7, 11) is 0. The second-order valence-electron chi connectivity index (χ2n) is 9.50. The normalized spacial score (nSPS) is 12.2. The Morgan fingerprint density at radius 3 is 2.50 bits per heavy atom. The first-order valence-corrected chi connectivity index (χ1v) is 13.6. The highest BCUT2D eigenvalue weighted by Gasteiger charge is 2.15. The lowest BCUT2D eigenvalue weighted by Gasteiger charge is -2.14. The number of rotatable bonds is 7. The van der Waals surface area contributed by atoms with E-state index in [-0.39, 0.29) is 16.6 Å². The standard InChI is InChI=1S/C31H28ClN7O3/c1-3-39-30(41)27(36-31(42)37-28-19(2)16-34-18-25(28)32)15-26(38-39)22-9-4-7-20(13-22)21-8-5-10-23(14-21)29(40)35-24-11-6-12-33-17-24/h4-16,18,33H,3,17H2,1-2H3,(H,35,40)(H2,34,36,37,42). The van der Waals surface area contributed by atoms with E-state index in [1.807, 2.05) is 60.8 Å². The number of pyridine rings is 1. The maximum atomic E-state index is 13.0. The fourth-order valence-corrected chi connectivity index (χ4v) is 4.66. The second-order valence-corrected chi connectivity index (χ2v) is 9.91. The van der Waals surface area contributed by atoms with Crippen molar-refractivity contribution in [2.45, 2.75) is 20.4 Å². The Morgan fingerprint density at radius 2 is 1.76 bits per heavy atom. The minimum atomic E-state index is -0.622. The zero-order chi connectivity index (χ0) is 29.6. The molecule has 10 nitrogen and oxygen atoms in total. The molecular weight excluding hydrogens is 554 g/mol. The molecule has 0 saturated carbocycles. The smallest absolute Gasteiger partial charge is 0.323 e. The largest absolute Gasteiger partial charge is 0.385 e. The van der Waals surface area contributed by atoms with Gasteiger partial charge in [-0.25, -0.2) is 9.48 Å². The van der Waals surface area contributed by atoms with Crippen LogP contribution < -0.4 is 26.8 Å². The predicted octanol–water partition coefficient (Wildman–Crippen LogP) is 5.33. The number of halogens is 1. The number of amides is 3. The van der Waals surface area contributed by atoms with Crippen molar-refractivity contribution in [2.75, 3.05) is 17.2 Å². The number of aromatic nitrogens is 3. The molecule has 4 N–H and O–H groups in total. The fourth-order valence-electron chi connectivity index (χ4n) is 4.41. The molecule has 3 amide bonds. The quantitative estimate of drug-likeness (QED) is 0.233. The molecule has 1 aliphatic heterocycles. The molecule has 0 bridgehead atoms. The van der Waals surface area contributed by atoms with Gasteiger partial charge in [-0.2, -0.15) is 5.10 Å². The highest BCUT2D eigenvalue weighted by atomic mass is 35.5. The highest BCUT2D eigenvalue weighted by molar-refractivity contribution is 6.33. The van der Waals surface area contributed by atoms with Crippen molar-refractivity contribution in [1.82, 2.24) is 25.4 Å². The number of urea groups is 1. The topological polar surface area (TPSA) is 130 Å². The summed E-state index contributed by atoms with van der Waals surface area (Å²) < 4.78 is 1.29.